The van der Waals surface area contributed by atoms with E-state index in [4.69, 9.17) is 0 Å². The van der Waals surface area contributed by atoms with Crippen molar-refractivity contribution in [3.05, 3.63) is 0 Å². The number of ketones is 1. The highest BCUT2D eigenvalue weighted by atomic mass is 16.3. The number of rotatable bonds is 12. The van der Waals surface area contributed by atoms with Crippen LogP contribution in [0.4, 0.5) is 0 Å². The number of hydrogen-bond acceptors (Lipinski definition) is 6. The van der Waals surface area contributed by atoms with E-state index >= 15 is 0 Å². The van der Waals surface area contributed by atoms with Crippen LogP contribution >= 0.6 is 0 Å². The number of aliphatic hydroxyl groups excluding tert-OH is 1. The summed E-state index contributed by atoms with van der Waals surface area (Å²) < 4.78 is 0. The highest BCUT2D eigenvalue weighted by Gasteiger charge is 2.51. The zero-order valence-corrected chi connectivity index (χ0v) is 22.8. The fourth-order valence-corrected chi connectivity index (χ4v) is 5.56. The van der Waals surface area contributed by atoms with Gasteiger partial charge >= 0.3 is 0 Å². The number of nitrogens with zero attached hydrogens (tertiary/aromatic N) is 1. The summed E-state index contributed by atoms with van der Waals surface area (Å²) in [6.45, 7) is 9.35. The molecule has 0 radical (unpaired) electrons. The van der Waals surface area contributed by atoms with Gasteiger partial charge in [-0.05, 0) is 55.8 Å². The molecule has 4 N–H and O–H groups in total. The van der Waals surface area contributed by atoms with Crippen molar-refractivity contribution >= 4 is 29.4 Å². The van der Waals surface area contributed by atoms with Gasteiger partial charge in [0, 0.05) is 12.6 Å². The van der Waals surface area contributed by atoms with Crippen LogP contribution in [-0.2, 0) is 24.0 Å². The van der Waals surface area contributed by atoms with Gasteiger partial charge < -0.3 is 26.0 Å². The molecule has 1 saturated heterocycles. The first-order chi connectivity index (χ1) is 17.5. The number of amides is 4. The van der Waals surface area contributed by atoms with Gasteiger partial charge in [-0.2, -0.15) is 0 Å². The van der Waals surface area contributed by atoms with Crippen molar-refractivity contribution < 1.29 is 29.1 Å². The Bertz CT molecular complexity index is 886. The number of hydrogen-bond donors (Lipinski definition) is 4. The van der Waals surface area contributed by atoms with E-state index in [1.165, 1.54) is 0 Å². The highest BCUT2D eigenvalue weighted by molar-refractivity contribution is 6.38. The summed E-state index contributed by atoms with van der Waals surface area (Å²) in [6.07, 6.45) is 4.07. The molecule has 10 heteroatoms. The number of carbonyl (C=O) groups is 5. The lowest BCUT2D eigenvalue weighted by molar-refractivity contribution is -0.146. The molecular formula is C27H44N4O6. The Hall–Kier alpha value is -2.49. The molecule has 3 aliphatic rings. The van der Waals surface area contributed by atoms with E-state index in [1.54, 1.807) is 18.7 Å². The summed E-state index contributed by atoms with van der Waals surface area (Å²) in [5, 5.41) is 18.4. The van der Waals surface area contributed by atoms with Crippen molar-refractivity contribution in [2.45, 2.75) is 110 Å². The fraction of sp³-hybridized carbons (Fsp3) is 0.815. The fourth-order valence-electron chi connectivity index (χ4n) is 5.56. The molecule has 2 saturated carbocycles. The first-order valence-electron chi connectivity index (χ1n) is 13.9. The van der Waals surface area contributed by atoms with E-state index in [0.29, 0.717) is 19.4 Å². The van der Waals surface area contributed by atoms with Gasteiger partial charge in [-0.25, -0.2) is 0 Å². The average Bonchev–Trinajstić information content (AvgIpc) is 3.41. The smallest absolute Gasteiger partial charge is 0.289 e. The third-order valence-corrected chi connectivity index (χ3v) is 7.92. The Balaban J connectivity index is 1.78. The molecule has 6 atom stereocenters. The minimum absolute atomic E-state index is 0.0358. The molecule has 0 aromatic rings. The van der Waals surface area contributed by atoms with Crippen molar-refractivity contribution in [2.24, 2.45) is 23.7 Å². The molecule has 3 fully saturated rings. The zero-order chi connectivity index (χ0) is 27.4. The van der Waals surface area contributed by atoms with Gasteiger partial charge in [0.25, 0.3) is 5.91 Å². The van der Waals surface area contributed by atoms with Crippen molar-refractivity contribution in [3.8, 4) is 0 Å². The number of likely N-dealkylation sites (tertiary alicyclic amines) is 1. The van der Waals surface area contributed by atoms with Crippen molar-refractivity contribution in [2.75, 3.05) is 6.54 Å². The molecule has 2 aliphatic carbocycles. The summed E-state index contributed by atoms with van der Waals surface area (Å²) in [7, 11) is 0. The Morgan fingerprint density at radius 2 is 1.62 bits per heavy atom. The van der Waals surface area contributed by atoms with E-state index in [-0.39, 0.29) is 35.6 Å². The van der Waals surface area contributed by atoms with Crippen LogP contribution in [-0.4, -0.2) is 76.2 Å². The molecule has 0 bridgehead atoms. The number of Topliss-reactive ketones (excluding diaryl/α,β-unsaturated/α-hetero) is 1. The number of aliphatic hydroxyl groups is 1. The second-order valence-corrected chi connectivity index (χ2v) is 11.7. The molecular weight excluding hydrogens is 476 g/mol. The minimum Gasteiger partial charge on any atom is -0.383 e. The third kappa shape index (κ3) is 6.89. The Morgan fingerprint density at radius 1 is 0.946 bits per heavy atom. The predicted octanol–water partition coefficient (Wildman–Crippen LogP) is 0.904. The Kier molecular flexibility index (Phi) is 9.72. The van der Waals surface area contributed by atoms with Crippen LogP contribution in [0.25, 0.3) is 0 Å². The lowest BCUT2D eigenvalue weighted by Gasteiger charge is -2.33. The van der Waals surface area contributed by atoms with Gasteiger partial charge in [-0.15, -0.1) is 0 Å². The van der Waals surface area contributed by atoms with E-state index in [0.717, 1.165) is 32.1 Å². The van der Waals surface area contributed by atoms with Crippen molar-refractivity contribution in [3.63, 3.8) is 0 Å². The van der Waals surface area contributed by atoms with Gasteiger partial charge in [0.2, 0.25) is 23.5 Å². The molecule has 0 aromatic heterocycles. The van der Waals surface area contributed by atoms with Gasteiger partial charge in [-0.1, -0.05) is 47.5 Å². The summed E-state index contributed by atoms with van der Waals surface area (Å²) in [5.41, 5.74) is 0. The van der Waals surface area contributed by atoms with Crippen LogP contribution in [0.2, 0.25) is 0 Å². The molecule has 1 unspecified atom stereocenters. The standard InChI is InChI=1S/C27H44N4O6/c1-6-8-19(23(33)26(36)28-17-11-12-17)29-24(34)21-18-10-7-9-16(18)13-31(21)27(37)20(14(2)3)30-25(35)22(32)15(4)5/h14-22,32H,6-13H2,1-5H3,(H,28,36)(H,29,34)(H,30,35)/t16-,18-,19?,20-,21-,22-/m0/s1. The summed E-state index contributed by atoms with van der Waals surface area (Å²) in [5.74, 6) is -3.17. The maximum Gasteiger partial charge on any atom is 0.289 e. The minimum atomic E-state index is -1.24. The van der Waals surface area contributed by atoms with Crippen LogP contribution in [0.15, 0.2) is 0 Å². The topological polar surface area (TPSA) is 145 Å². The number of nitrogens with one attached hydrogen (secondary N) is 3. The normalized spacial score (nSPS) is 25.4. The molecule has 1 aliphatic heterocycles. The van der Waals surface area contributed by atoms with Gasteiger partial charge in [-0.3, -0.25) is 24.0 Å². The van der Waals surface area contributed by atoms with Crippen LogP contribution in [0.5, 0.6) is 0 Å². The van der Waals surface area contributed by atoms with Gasteiger partial charge in [0.15, 0.2) is 0 Å². The molecule has 0 spiro atoms. The van der Waals surface area contributed by atoms with Gasteiger partial charge in [0.1, 0.15) is 18.2 Å². The van der Waals surface area contributed by atoms with E-state index in [1.807, 2.05) is 20.8 Å². The van der Waals surface area contributed by atoms with E-state index in [9.17, 15) is 29.1 Å². The lowest BCUT2D eigenvalue weighted by Crippen LogP contribution is -2.59. The van der Waals surface area contributed by atoms with Gasteiger partial charge in [0.05, 0.1) is 6.04 Å². The predicted molar refractivity (Wildman–Crippen MR) is 137 cm³/mol. The quantitative estimate of drug-likeness (QED) is 0.282. The summed E-state index contributed by atoms with van der Waals surface area (Å²) >= 11 is 0. The third-order valence-electron chi connectivity index (χ3n) is 7.92. The largest absolute Gasteiger partial charge is 0.383 e. The molecule has 37 heavy (non-hydrogen) atoms. The summed E-state index contributed by atoms with van der Waals surface area (Å²) in [4.78, 5) is 66.8. The zero-order valence-electron chi connectivity index (χ0n) is 22.8. The molecule has 4 amide bonds. The molecule has 1 heterocycles. The average molecular weight is 521 g/mol. The van der Waals surface area contributed by atoms with E-state index < -0.39 is 47.7 Å². The monoisotopic (exact) mass is 520 g/mol. The maximum absolute atomic E-state index is 13.8. The highest BCUT2D eigenvalue weighted by Crippen LogP contribution is 2.42. The SMILES string of the molecule is CCCC(NC(=O)[C@@H]1[C@H]2CCC[C@H]2CN1C(=O)[C@@H](NC(=O)[C@@H](O)C(C)C)C(C)C)C(=O)C(=O)NC1CC1. The molecule has 0 aromatic carbocycles. The van der Waals surface area contributed by atoms with Crippen LogP contribution < -0.4 is 16.0 Å². The first-order valence-corrected chi connectivity index (χ1v) is 13.9. The first kappa shape index (κ1) is 29.1. The lowest BCUT2D eigenvalue weighted by atomic mass is 9.92. The Morgan fingerprint density at radius 3 is 2.19 bits per heavy atom. The van der Waals surface area contributed by atoms with E-state index in [2.05, 4.69) is 16.0 Å². The van der Waals surface area contributed by atoms with Crippen molar-refractivity contribution in [1.29, 1.82) is 0 Å². The summed E-state index contributed by atoms with van der Waals surface area (Å²) in [6, 6.07) is -2.58. The van der Waals surface area contributed by atoms with Crippen LogP contribution in [0.3, 0.4) is 0 Å². The maximum atomic E-state index is 13.8. The number of fused-ring (bicyclic) bond motifs is 1. The molecule has 3 rings (SSSR count). The Labute approximate surface area is 219 Å². The van der Waals surface area contributed by atoms with Crippen molar-refractivity contribution in [1.82, 2.24) is 20.9 Å². The van der Waals surface area contributed by atoms with Crippen LogP contribution in [0, 0.1) is 23.7 Å². The number of carbonyl (C=O) groups excluding carboxylic acids is 5. The molecule has 208 valence electrons. The van der Waals surface area contributed by atoms with Crippen LogP contribution in [0.1, 0.15) is 79.6 Å². The molecule has 10 nitrogen and oxygen atoms in total. The second kappa shape index (κ2) is 12.4. The second-order valence-electron chi connectivity index (χ2n) is 11.7.